The molecule has 0 heterocycles. The molecule has 0 bridgehead atoms. The fourth-order valence-electron chi connectivity index (χ4n) is 7.49. The molecule has 0 aromatic rings. The second kappa shape index (κ2) is 4.99. The summed E-state index contributed by atoms with van der Waals surface area (Å²) >= 11 is 0. The lowest BCUT2D eigenvalue weighted by Gasteiger charge is -2.61. The van der Waals surface area contributed by atoms with Gasteiger partial charge in [0.2, 0.25) is 0 Å². The van der Waals surface area contributed by atoms with E-state index >= 15 is 0 Å². The van der Waals surface area contributed by atoms with Gasteiger partial charge >= 0.3 is 0 Å². The molecule has 4 aliphatic carbocycles. The Balaban J connectivity index is 1.65. The smallest absolute Gasteiger partial charge is 0.130 e. The lowest BCUT2D eigenvalue weighted by Crippen LogP contribution is -2.56. The zero-order valence-corrected chi connectivity index (χ0v) is 14.7. The predicted molar refractivity (Wildman–Crippen MR) is 91.5 cm³/mol. The maximum Gasteiger partial charge on any atom is 0.130 e. The van der Waals surface area contributed by atoms with Gasteiger partial charge in [-0.05, 0) is 86.9 Å². The number of hydrogen-bond donors (Lipinski definition) is 2. The van der Waals surface area contributed by atoms with Crippen LogP contribution in [0.15, 0.2) is 0 Å². The normalized spacial score (nSPS) is 58.7. The molecule has 2 nitrogen and oxygen atoms in total. The maximum atomic E-state index is 11.0. The number of terminal acetylenes is 1. The Morgan fingerprint density at radius 1 is 0.957 bits per heavy atom. The van der Waals surface area contributed by atoms with Crippen molar-refractivity contribution < 1.29 is 10.2 Å². The first-order valence-electron chi connectivity index (χ1n) is 9.72. The maximum absolute atomic E-state index is 11.0. The molecule has 2 unspecified atom stereocenters. The SMILES string of the molecule is C#C[C@]1(O)CC[C@H]2[C@@H]3CCC4CC(O)CC[C@]4(C)[C@H]3CC[C@@]21C. The van der Waals surface area contributed by atoms with Crippen LogP contribution in [-0.4, -0.2) is 21.9 Å². The molecular formula is C21H32O2. The lowest BCUT2D eigenvalue weighted by atomic mass is 9.44. The Morgan fingerprint density at radius 3 is 2.43 bits per heavy atom. The molecule has 23 heavy (non-hydrogen) atoms. The van der Waals surface area contributed by atoms with Crippen LogP contribution in [0.5, 0.6) is 0 Å². The van der Waals surface area contributed by atoms with Crippen molar-refractivity contribution in [1.82, 2.24) is 0 Å². The van der Waals surface area contributed by atoms with E-state index in [4.69, 9.17) is 6.42 Å². The summed E-state index contributed by atoms with van der Waals surface area (Å²) in [5.41, 5.74) is -0.566. The Labute approximate surface area is 141 Å². The average molecular weight is 316 g/mol. The molecule has 2 N–H and O–H groups in total. The average Bonchev–Trinajstić information content (AvgIpc) is 2.80. The number of aliphatic hydroxyl groups is 2. The Morgan fingerprint density at radius 2 is 1.70 bits per heavy atom. The van der Waals surface area contributed by atoms with Crippen LogP contribution in [0.4, 0.5) is 0 Å². The van der Waals surface area contributed by atoms with Gasteiger partial charge in [0, 0.05) is 5.41 Å². The molecule has 128 valence electrons. The van der Waals surface area contributed by atoms with E-state index in [1.807, 2.05) is 0 Å². The molecule has 4 aliphatic rings. The molecule has 2 heteroatoms. The van der Waals surface area contributed by atoms with Crippen LogP contribution in [0.1, 0.15) is 71.6 Å². The summed E-state index contributed by atoms with van der Waals surface area (Å²) < 4.78 is 0. The third-order valence-corrected chi connectivity index (χ3v) is 9.03. The van der Waals surface area contributed by atoms with Gasteiger partial charge in [-0.1, -0.05) is 19.8 Å². The van der Waals surface area contributed by atoms with Gasteiger partial charge in [0.1, 0.15) is 5.60 Å². The molecular weight excluding hydrogens is 284 g/mol. The third kappa shape index (κ3) is 1.96. The van der Waals surface area contributed by atoms with Gasteiger partial charge in [-0.15, -0.1) is 6.42 Å². The summed E-state index contributed by atoms with van der Waals surface area (Å²) in [5, 5.41) is 21.1. The van der Waals surface area contributed by atoms with E-state index in [-0.39, 0.29) is 11.5 Å². The summed E-state index contributed by atoms with van der Waals surface area (Å²) in [6.07, 6.45) is 15.6. The Hall–Kier alpha value is -0.520. The van der Waals surface area contributed by atoms with Crippen molar-refractivity contribution in [1.29, 1.82) is 0 Å². The van der Waals surface area contributed by atoms with Gasteiger partial charge in [0.25, 0.3) is 0 Å². The van der Waals surface area contributed by atoms with Crippen LogP contribution in [0.3, 0.4) is 0 Å². The summed E-state index contributed by atoms with van der Waals surface area (Å²) in [7, 11) is 0. The second-order valence-electron chi connectivity index (χ2n) is 9.58. The molecule has 4 fully saturated rings. The topological polar surface area (TPSA) is 40.5 Å². The zero-order valence-electron chi connectivity index (χ0n) is 14.7. The van der Waals surface area contributed by atoms with Crippen LogP contribution in [0.25, 0.3) is 0 Å². The van der Waals surface area contributed by atoms with Crippen molar-refractivity contribution >= 4 is 0 Å². The highest BCUT2D eigenvalue weighted by molar-refractivity contribution is 5.23. The number of rotatable bonds is 0. The largest absolute Gasteiger partial charge is 0.393 e. The minimum Gasteiger partial charge on any atom is -0.393 e. The molecule has 4 rings (SSSR count). The number of fused-ring (bicyclic) bond motifs is 5. The molecule has 0 aliphatic heterocycles. The number of aliphatic hydroxyl groups excluding tert-OH is 1. The van der Waals surface area contributed by atoms with Crippen molar-refractivity contribution in [2.45, 2.75) is 83.3 Å². The van der Waals surface area contributed by atoms with Crippen molar-refractivity contribution in [3.8, 4) is 12.3 Å². The Bertz CT molecular complexity index is 536. The third-order valence-electron chi connectivity index (χ3n) is 9.03. The second-order valence-corrected chi connectivity index (χ2v) is 9.58. The zero-order chi connectivity index (χ0) is 16.5. The van der Waals surface area contributed by atoms with Gasteiger partial charge in [0.05, 0.1) is 6.10 Å². The van der Waals surface area contributed by atoms with Crippen molar-refractivity contribution in [2.75, 3.05) is 0 Å². The van der Waals surface area contributed by atoms with Crippen LogP contribution in [-0.2, 0) is 0 Å². The van der Waals surface area contributed by atoms with Crippen molar-refractivity contribution in [3.05, 3.63) is 0 Å². The van der Waals surface area contributed by atoms with Crippen molar-refractivity contribution in [3.63, 3.8) is 0 Å². The fraction of sp³-hybridized carbons (Fsp3) is 0.905. The van der Waals surface area contributed by atoms with Crippen molar-refractivity contribution in [2.24, 2.45) is 34.5 Å². The first-order chi connectivity index (χ1) is 10.8. The van der Waals surface area contributed by atoms with Gasteiger partial charge in [-0.25, -0.2) is 0 Å². The van der Waals surface area contributed by atoms with E-state index in [2.05, 4.69) is 19.8 Å². The van der Waals surface area contributed by atoms with E-state index in [0.29, 0.717) is 17.3 Å². The van der Waals surface area contributed by atoms with E-state index in [1.165, 1.54) is 25.7 Å². The first-order valence-corrected chi connectivity index (χ1v) is 9.72. The molecule has 0 saturated heterocycles. The molecule has 4 saturated carbocycles. The molecule has 0 aromatic carbocycles. The van der Waals surface area contributed by atoms with Gasteiger partial charge in [0.15, 0.2) is 0 Å². The fourth-order valence-corrected chi connectivity index (χ4v) is 7.49. The highest BCUT2D eigenvalue weighted by Gasteiger charge is 2.64. The van der Waals surface area contributed by atoms with Gasteiger partial charge in [-0.2, -0.15) is 0 Å². The summed E-state index contributed by atoms with van der Waals surface area (Å²) in [6.45, 7) is 4.77. The van der Waals surface area contributed by atoms with Crippen LogP contribution >= 0.6 is 0 Å². The molecule has 0 spiro atoms. The van der Waals surface area contributed by atoms with Gasteiger partial charge in [-0.3, -0.25) is 0 Å². The highest BCUT2D eigenvalue weighted by Crippen LogP contribution is 2.68. The lowest BCUT2D eigenvalue weighted by molar-refractivity contribution is -0.144. The number of hydrogen-bond acceptors (Lipinski definition) is 2. The summed E-state index contributed by atoms with van der Waals surface area (Å²) in [4.78, 5) is 0. The monoisotopic (exact) mass is 316 g/mol. The summed E-state index contributed by atoms with van der Waals surface area (Å²) in [6, 6.07) is 0. The molecule has 0 radical (unpaired) electrons. The molecule has 0 aromatic heterocycles. The van der Waals surface area contributed by atoms with E-state index in [0.717, 1.165) is 43.9 Å². The highest BCUT2D eigenvalue weighted by atomic mass is 16.3. The quantitative estimate of drug-likeness (QED) is 0.668. The van der Waals surface area contributed by atoms with Crippen LogP contribution in [0, 0.1) is 46.8 Å². The minimum atomic E-state index is -0.886. The molecule has 0 amide bonds. The van der Waals surface area contributed by atoms with E-state index in [1.54, 1.807) is 0 Å². The Kier molecular flexibility index (Phi) is 3.47. The molecule has 8 atom stereocenters. The minimum absolute atomic E-state index is 0.0727. The van der Waals surface area contributed by atoms with Crippen LogP contribution in [0.2, 0.25) is 0 Å². The van der Waals surface area contributed by atoms with E-state index in [9.17, 15) is 10.2 Å². The summed E-state index contributed by atoms with van der Waals surface area (Å²) in [5.74, 6) is 5.56. The van der Waals surface area contributed by atoms with Crippen LogP contribution < -0.4 is 0 Å². The standard InChI is InChI=1S/C21H32O2/c1-4-21(23)12-9-18-16-6-5-14-13-15(22)7-10-19(14,2)17(16)8-11-20(18,21)3/h1,14-18,22-23H,5-13H2,2-3H3/t14?,15?,16-,17+,18+,19+,20+,21+/m1/s1. The van der Waals surface area contributed by atoms with Gasteiger partial charge < -0.3 is 10.2 Å². The first kappa shape index (κ1) is 16.0. The van der Waals surface area contributed by atoms with E-state index < -0.39 is 5.60 Å². The predicted octanol–water partition coefficient (Wildman–Crippen LogP) is 3.75.